The van der Waals surface area contributed by atoms with Crippen LogP contribution >= 0.6 is 11.3 Å². The van der Waals surface area contributed by atoms with E-state index in [4.69, 9.17) is 4.98 Å². The summed E-state index contributed by atoms with van der Waals surface area (Å²) in [6, 6.07) is 28.0. The molecule has 0 N–H and O–H groups in total. The molecule has 0 spiro atoms. The lowest BCUT2D eigenvalue weighted by molar-refractivity contribution is -0.132. The van der Waals surface area contributed by atoms with Crippen molar-refractivity contribution in [2.45, 2.75) is 18.9 Å². The maximum Gasteiger partial charge on any atom is 0.234 e. The Morgan fingerprint density at radius 2 is 1.39 bits per heavy atom. The van der Waals surface area contributed by atoms with Gasteiger partial charge in [-0.3, -0.25) is 4.79 Å². The number of carbonyl (C=O) groups excluding carboxylic acids is 1. The van der Waals surface area contributed by atoms with Gasteiger partial charge in [-0.1, -0.05) is 72.8 Å². The van der Waals surface area contributed by atoms with Gasteiger partial charge in [0, 0.05) is 7.05 Å². The molecule has 4 aromatic rings. The normalized spacial score (nSPS) is 12.2. The monoisotopic (exact) mass is 386 g/mol. The van der Waals surface area contributed by atoms with Gasteiger partial charge in [0.05, 0.1) is 22.2 Å². The predicted molar refractivity (Wildman–Crippen MR) is 116 cm³/mol. The summed E-state index contributed by atoms with van der Waals surface area (Å²) in [4.78, 5) is 20.1. The Hall–Kier alpha value is -2.98. The molecule has 1 unspecified atom stereocenters. The van der Waals surface area contributed by atoms with Crippen molar-refractivity contribution in [3.8, 4) is 0 Å². The van der Waals surface area contributed by atoms with Crippen molar-refractivity contribution < 1.29 is 4.79 Å². The van der Waals surface area contributed by atoms with E-state index in [9.17, 15) is 4.79 Å². The van der Waals surface area contributed by atoms with Crippen LogP contribution in [0.3, 0.4) is 0 Å². The van der Waals surface area contributed by atoms with Crippen molar-refractivity contribution in [3.05, 3.63) is 101 Å². The Morgan fingerprint density at radius 1 is 0.857 bits per heavy atom. The van der Waals surface area contributed by atoms with Crippen LogP contribution in [0.1, 0.15) is 35.0 Å². The molecule has 1 amide bonds. The summed E-state index contributed by atoms with van der Waals surface area (Å²) >= 11 is 1.65. The third-order valence-corrected chi connectivity index (χ3v) is 6.32. The third-order valence-electron chi connectivity index (χ3n) is 5.11. The van der Waals surface area contributed by atoms with Gasteiger partial charge in [-0.25, -0.2) is 4.98 Å². The second-order valence-corrected chi connectivity index (χ2v) is 7.96. The van der Waals surface area contributed by atoms with Crippen LogP contribution in [0.5, 0.6) is 0 Å². The fraction of sp³-hybridized carbons (Fsp3) is 0.167. The number of rotatable bonds is 5. The highest BCUT2D eigenvalue weighted by molar-refractivity contribution is 7.18. The van der Waals surface area contributed by atoms with Crippen LogP contribution in [0.15, 0.2) is 84.9 Å². The van der Waals surface area contributed by atoms with E-state index in [1.54, 1.807) is 11.3 Å². The molecule has 0 aliphatic carbocycles. The summed E-state index contributed by atoms with van der Waals surface area (Å²) in [5, 5.41) is 0.955. The SMILES string of the molecule is CC(c1nc2ccccc2s1)N(C)C(=O)C(c1ccccc1)c1ccccc1. The molecule has 1 atom stereocenters. The van der Waals surface area contributed by atoms with E-state index in [1.165, 1.54) is 0 Å². The van der Waals surface area contributed by atoms with Gasteiger partial charge in [-0.15, -0.1) is 11.3 Å². The van der Waals surface area contributed by atoms with E-state index in [-0.39, 0.29) is 17.9 Å². The number of carbonyl (C=O) groups is 1. The number of hydrogen-bond donors (Lipinski definition) is 0. The first kappa shape index (κ1) is 18.4. The highest BCUT2D eigenvalue weighted by Gasteiger charge is 2.29. The lowest BCUT2D eigenvalue weighted by Gasteiger charge is -2.28. The molecule has 0 bridgehead atoms. The van der Waals surface area contributed by atoms with Gasteiger partial charge in [0.2, 0.25) is 5.91 Å². The Kier molecular flexibility index (Phi) is 5.22. The molecule has 0 radical (unpaired) electrons. The van der Waals surface area contributed by atoms with Crippen LogP contribution in [0, 0.1) is 0 Å². The van der Waals surface area contributed by atoms with Crippen LogP contribution in [0.4, 0.5) is 0 Å². The van der Waals surface area contributed by atoms with Gasteiger partial charge in [0.1, 0.15) is 5.01 Å². The Bertz CT molecular complexity index is 1000. The summed E-state index contributed by atoms with van der Waals surface area (Å²) < 4.78 is 1.15. The van der Waals surface area contributed by atoms with Crippen molar-refractivity contribution >= 4 is 27.5 Å². The standard InChI is InChI=1S/C24H22N2OS/c1-17(23-25-20-15-9-10-16-21(20)28-23)26(2)24(27)22(18-11-5-3-6-12-18)19-13-7-4-8-14-19/h3-17,22H,1-2H3. The zero-order chi connectivity index (χ0) is 19.5. The number of hydrogen-bond acceptors (Lipinski definition) is 3. The minimum atomic E-state index is -0.329. The second kappa shape index (κ2) is 7.95. The topological polar surface area (TPSA) is 33.2 Å². The number of likely N-dealkylation sites (N-methyl/N-ethyl adjacent to an activating group) is 1. The van der Waals surface area contributed by atoms with E-state index >= 15 is 0 Å². The first-order valence-electron chi connectivity index (χ1n) is 9.37. The summed E-state index contributed by atoms with van der Waals surface area (Å²) in [6.45, 7) is 2.04. The average Bonchev–Trinajstić information content (AvgIpc) is 3.18. The molecular weight excluding hydrogens is 364 g/mol. The van der Waals surface area contributed by atoms with Gasteiger partial charge in [-0.05, 0) is 30.2 Å². The molecule has 4 rings (SSSR count). The molecule has 1 heterocycles. The summed E-state index contributed by atoms with van der Waals surface area (Å²) in [5.41, 5.74) is 2.99. The zero-order valence-corrected chi connectivity index (χ0v) is 16.8. The maximum absolute atomic E-state index is 13.6. The van der Waals surface area contributed by atoms with Crippen LogP contribution < -0.4 is 0 Å². The largest absolute Gasteiger partial charge is 0.336 e. The Labute approximate surface area is 169 Å². The van der Waals surface area contributed by atoms with Gasteiger partial charge in [0.15, 0.2) is 0 Å². The van der Waals surface area contributed by atoms with Gasteiger partial charge in [-0.2, -0.15) is 0 Å². The molecule has 0 aliphatic heterocycles. The van der Waals surface area contributed by atoms with Gasteiger partial charge < -0.3 is 4.90 Å². The van der Waals surface area contributed by atoms with Crippen LogP contribution in [0.25, 0.3) is 10.2 Å². The van der Waals surface area contributed by atoms with Crippen LogP contribution in [-0.2, 0) is 4.79 Å². The fourth-order valence-electron chi connectivity index (χ4n) is 3.40. The number of benzene rings is 3. The summed E-state index contributed by atoms with van der Waals surface area (Å²) in [7, 11) is 1.87. The lowest BCUT2D eigenvalue weighted by atomic mass is 9.90. The molecule has 0 fully saturated rings. The number of aromatic nitrogens is 1. The second-order valence-electron chi connectivity index (χ2n) is 6.90. The minimum Gasteiger partial charge on any atom is -0.336 e. The number of thiazole rings is 1. The molecule has 140 valence electrons. The quantitative estimate of drug-likeness (QED) is 0.444. The lowest BCUT2D eigenvalue weighted by Crippen LogP contribution is -2.34. The highest BCUT2D eigenvalue weighted by atomic mass is 32.1. The first-order chi connectivity index (χ1) is 13.6. The third kappa shape index (κ3) is 3.56. The van der Waals surface area contributed by atoms with E-state index in [0.717, 1.165) is 26.4 Å². The molecule has 0 saturated heterocycles. The molecule has 0 aliphatic rings. The molecule has 28 heavy (non-hydrogen) atoms. The molecule has 4 heteroatoms. The van der Waals surface area contributed by atoms with Crippen molar-refractivity contribution in [2.24, 2.45) is 0 Å². The highest BCUT2D eigenvalue weighted by Crippen LogP contribution is 2.33. The summed E-state index contributed by atoms with van der Waals surface area (Å²) in [6.07, 6.45) is 0. The molecule has 3 aromatic carbocycles. The van der Waals surface area contributed by atoms with Crippen molar-refractivity contribution in [3.63, 3.8) is 0 Å². The van der Waals surface area contributed by atoms with E-state index in [1.807, 2.05) is 97.7 Å². The van der Waals surface area contributed by atoms with E-state index in [0.29, 0.717) is 0 Å². The average molecular weight is 387 g/mol. The number of fused-ring (bicyclic) bond motifs is 1. The van der Waals surface area contributed by atoms with Crippen molar-refractivity contribution in [2.75, 3.05) is 7.05 Å². The van der Waals surface area contributed by atoms with Crippen molar-refractivity contribution in [1.82, 2.24) is 9.88 Å². The van der Waals surface area contributed by atoms with Crippen molar-refractivity contribution in [1.29, 1.82) is 0 Å². The van der Waals surface area contributed by atoms with Crippen LogP contribution in [0.2, 0.25) is 0 Å². The molecule has 0 saturated carbocycles. The molecular formula is C24H22N2OS. The smallest absolute Gasteiger partial charge is 0.234 e. The molecule has 1 aromatic heterocycles. The predicted octanol–water partition coefficient (Wildman–Crippen LogP) is 5.65. The number of nitrogens with zero attached hydrogens (tertiary/aromatic N) is 2. The first-order valence-corrected chi connectivity index (χ1v) is 10.2. The van der Waals surface area contributed by atoms with Gasteiger partial charge in [0.25, 0.3) is 0 Å². The Balaban J connectivity index is 1.67. The maximum atomic E-state index is 13.6. The summed E-state index contributed by atoms with van der Waals surface area (Å²) in [5.74, 6) is -0.256. The minimum absolute atomic E-state index is 0.0733. The van der Waals surface area contributed by atoms with E-state index < -0.39 is 0 Å². The number of amides is 1. The number of para-hydroxylation sites is 1. The van der Waals surface area contributed by atoms with Crippen LogP contribution in [-0.4, -0.2) is 22.8 Å². The van der Waals surface area contributed by atoms with E-state index in [2.05, 4.69) is 6.07 Å². The molecule has 3 nitrogen and oxygen atoms in total. The van der Waals surface area contributed by atoms with Gasteiger partial charge >= 0.3 is 0 Å². The fourth-order valence-corrected chi connectivity index (χ4v) is 4.46. The Morgan fingerprint density at radius 3 is 1.96 bits per heavy atom. The zero-order valence-electron chi connectivity index (χ0n) is 15.9.